The number of oxazole rings is 1. The Kier molecular flexibility index (Phi) is 8.70. The zero-order chi connectivity index (χ0) is 28.6. The number of ketones is 1. The summed E-state index contributed by atoms with van der Waals surface area (Å²) in [7, 11) is 0. The molecule has 0 amide bonds. The highest BCUT2D eigenvalue weighted by Gasteiger charge is 2.22. The van der Waals surface area contributed by atoms with E-state index in [0.717, 1.165) is 28.1 Å². The van der Waals surface area contributed by atoms with Gasteiger partial charge in [0.2, 0.25) is 5.89 Å². The van der Waals surface area contributed by atoms with Crippen molar-refractivity contribution < 1.29 is 23.8 Å². The number of aliphatic carboxylic acids is 1. The van der Waals surface area contributed by atoms with Gasteiger partial charge in [-0.3, -0.25) is 9.59 Å². The van der Waals surface area contributed by atoms with Crippen molar-refractivity contribution in [3.63, 3.8) is 0 Å². The summed E-state index contributed by atoms with van der Waals surface area (Å²) in [6, 6.07) is 33.6. The number of hydrogen-bond donors (Lipinski definition) is 1. The maximum absolute atomic E-state index is 13.1. The number of aryl methyl sites for hydroxylation is 1. The molecule has 0 saturated heterocycles. The third-order valence-electron chi connectivity index (χ3n) is 7.04. The predicted molar refractivity (Wildman–Crippen MR) is 157 cm³/mol. The van der Waals surface area contributed by atoms with Gasteiger partial charge in [-0.15, -0.1) is 0 Å². The molecule has 0 fully saturated rings. The van der Waals surface area contributed by atoms with Gasteiger partial charge < -0.3 is 14.3 Å². The lowest BCUT2D eigenvalue weighted by Gasteiger charge is -2.16. The van der Waals surface area contributed by atoms with Crippen molar-refractivity contribution in [3.05, 3.63) is 143 Å². The summed E-state index contributed by atoms with van der Waals surface area (Å²) in [6.45, 7) is 2.34. The maximum Gasteiger partial charge on any atom is 0.307 e. The quantitative estimate of drug-likeness (QED) is 0.170. The van der Waals surface area contributed by atoms with Crippen LogP contribution in [0.15, 0.2) is 114 Å². The lowest BCUT2D eigenvalue weighted by atomic mass is 9.88. The smallest absolute Gasteiger partial charge is 0.307 e. The lowest BCUT2D eigenvalue weighted by molar-refractivity contribution is -0.141. The van der Waals surface area contributed by atoms with Crippen molar-refractivity contribution in [2.24, 2.45) is 5.92 Å². The molecular formula is C35H31NO5. The molecule has 0 aliphatic heterocycles. The van der Waals surface area contributed by atoms with Crippen molar-refractivity contribution in [1.82, 2.24) is 4.98 Å². The van der Waals surface area contributed by atoms with Crippen LogP contribution in [-0.2, 0) is 24.1 Å². The minimum atomic E-state index is -0.898. The van der Waals surface area contributed by atoms with Crippen LogP contribution in [0.25, 0.3) is 11.5 Å². The van der Waals surface area contributed by atoms with E-state index in [4.69, 9.17) is 9.15 Å². The zero-order valence-electron chi connectivity index (χ0n) is 22.8. The van der Waals surface area contributed by atoms with Crippen LogP contribution in [0.4, 0.5) is 0 Å². The fraction of sp³-hybridized carbons (Fsp3) is 0.171. The number of carboxylic acid groups (broad SMARTS) is 1. The van der Waals surface area contributed by atoms with Crippen LogP contribution < -0.4 is 4.74 Å². The van der Waals surface area contributed by atoms with Crippen LogP contribution in [0.5, 0.6) is 5.75 Å². The van der Waals surface area contributed by atoms with Crippen molar-refractivity contribution in [1.29, 1.82) is 0 Å². The number of carboxylic acids is 1. The fourth-order valence-electron chi connectivity index (χ4n) is 4.81. The van der Waals surface area contributed by atoms with Crippen molar-refractivity contribution in [3.8, 4) is 17.2 Å². The summed E-state index contributed by atoms with van der Waals surface area (Å²) in [6.07, 6.45) is 1.19. The Balaban J connectivity index is 1.19. The van der Waals surface area contributed by atoms with Gasteiger partial charge in [0.1, 0.15) is 11.5 Å². The average Bonchev–Trinajstić information content (AvgIpc) is 3.38. The second-order valence-corrected chi connectivity index (χ2v) is 9.93. The number of carbonyl (C=O) groups is 2. The Bertz CT molecular complexity index is 1610. The summed E-state index contributed by atoms with van der Waals surface area (Å²) in [4.78, 5) is 29.9. The molecule has 1 heterocycles. The molecule has 0 radical (unpaired) electrons. The maximum atomic E-state index is 13.1. The minimum absolute atomic E-state index is 0.107. The highest BCUT2D eigenvalue weighted by molar-refractivity contribution is 6.09. The van der Waals surface area contributed by atoms with Gasteiger partial charge in [-0.05, 0) is 55.2 Å². The zero-order valence-corrected chi connectivity index (χ0v) is 22.8. The second kappa shape index (κ2) is 12.9. The van der Waals surface area contributed by atoms with Crippen molar-refractivity contribution >= 4 is 11.8 Å². The predicted octanol–water partition coefficient (Wildman–Crippen LogP) is 6.99. The first-order chi connectivity index (χ1) is 20.0. The van der Waals surface area contributed by atoms with E-state index in [0.29, 0.717) is 42.2 Å². The SMILES string of the molecule is Cc1oc(-c2ccccc2)nc1CCOc1ccc(CC(Cc2ccccc2C(=O)c2ccccc2)C(=O)O)cc1. The van der Waals surface area contributed by atoms with Gasteiger partial charge in [0, 0.05) is 23.1 Å². The number of benzene rings is 4. The molecule has 1 atom stereocenters. The van der Waals surface area contributed by atoms with E-state index in [2.05, 4.69) is 4.98 Å². The van der Waals surface area contributed by atoms with Gasteiger partial charge in [0.05, 0.1) is 18.2 Å². The van der Waals surface area contributed by atoms with E-state index in [-0.39, 0.29) is 12.2 Å². The molecule has 0 aliphatic carbocycles. The van der Waals surface area contributed by atoms with Crippen LogP contribution in [0.2, 0.25) is 0 Å². The molecule has 1 unspecified atom stereocenters. The van der Waals surface area contributed by atoms with E-state index in [1.807, 2.05) is 91.9 Å². The van der Waals surface area contributed by atoms with E-state index < -0.39 is 11.9 Å². The lowest BCUT2D eigenvalue weighted by Crippen LogP contribution is -2.20. The highest BCUT2D eigenvalue weighted by atomic mass is 16.5. The normalized spacial score (nSPS) is 11.6. The van der Waals surface area contributed by atoms with Crippen LogP contribution in [-0.4, -0.2) is 28.4 Å². The number of hydrogen-bond acceptors (Lipinski definition) is 5. The monoisotopic (exact) mass is 545 g/mol. The molecule has 1 aromatic heterocycles. The number of rotatable bonds is 12. The molecule has 1 N–H and O–H groups in total. The van der Waals surface area contributed by atoms with Crippen LogP contribution in [0.1, 0.15) is 38.5 Å². The molecule has 6 nitrogen and oxygen atoms in total. The standard InChI is InChI=1S/C35H31NO5/c1-24-32(36-34(41-24)27-12-6-3-7-13-27)20-21-40-30-18-16-25(17-19-30)22-29(35(38)39)23-28-14-8-9-15-31(28)33(37)26-10-4-2-5-11-26/h2-19,29H,20-23H2,1H3,(H,38,39). The molecule has 0 bridgehead atoms. The van der Waals surface area contributed by atoms with Crippen molar-refractivity contribution in [2.75, 3.05) is 6.61 Å². The first-order valence-corrected chi connectivity index (χ1v) is 13.6. The van der Waals surface area contributed by atoms with Crippen LogP contribution in [0.3, 0.4) is 0 Å². The van der Waals surface area contributed by atoms with Crippen LogP contribution in [0, 0.1) is 12.8 Å². The molecule has 4 aromatic carbocycles. The Labute approximate surface area is 239 Å². The van der Waals surface area contributed by atoms with Gasteiger partial charge in [-0.2, -0.15) is 0 Å². The molecule has 206 valence electrons. The molecule has 6 heteroatoms. The van der Waals surface area contributed by atoms with E-state index in [9.17, 15) is 14.7 Å². The Morgan fingerprint density at radius 3 is 2.20 bits per heavy atom. The Hall–Kier alpha value is -4.97. The number of aromatic nitrogens is 1. The third-order valence-corrected chi connectivity index (χ3v) is 7.04. The summed E-state index contributed by atoms with van der Waals surface area (Å²) < 4.78 is 11.8. The average molecular weight is 546 g/mol. The molecular weight excluding hydrogens is 514 g/mol. The number of ether oxygens (including phenoxy) is 1. The van der Waals surface area contributed by atoms with Gasteiger partial charge in [-0.1, -0.05) is 84.9 Å². The molecule has 0 saturated carbocycles. The first-order valence-electron chi connectivity index (χ1n) is 13.6. The van der Waals surface area contributed by atoms with Crippen molar-refractivity contribution in [2.45, 2.75) is 26.2 Å². The van der Waals surface area contributed by atoms with Gasteiger partial charge in [0.15, 0.2) is 5.78 Å². The first kappa shape index (κ1) is 27.6. The molecule has 0 spiro atoms. The minimum Gasteiger partial charge on any atom is -0.493 e. The summed E-state index contributed by atoms with van der Waals surface area (Å²) >= 11 is 0. The number of carbonyl (C=O) groups excluding carboxylic acids is 1. The van der Waals surface area contributed by atoms with E-state index >= 15 is 0 Å². The Morgan fingerprint density at radius 2 is 1.49 bits per heavy atom. The number of nitrogens with zero attached hydrogens (tertiary/aromatic N) is 1. The summed E-state index contributed by atoms with van der Waals surface area (Å²) in [5.41, 5.74) is 4.52. The van der Waals surface area contributed by atoms with Gasteiger partial charge in [0.25, 0.3) is 0 Å². The molecule has 5 aromatic rings. The van der Waals surface area contributed by atoms with Crippen LogP contribution >= 0.6 is 0 Å². The molecule has 41 heavy (non-hydrogen) atoms. The summed E-state index contributed by atoms with van der Waals surface area (Å²) in [5, 5.41) is 10.00. The third kappa shape index (κ3) is 6.97. The van der Waals surface area contributed by atoms with E-state index in [1.54, 1.807) is 24.3 Å². The largest absolute Gasteiger partial charge is 0.493 e. The summed E-state index contributed by atoms with van der Waals surface area (Å²) in [5.74, 6) is 0.385. The van der Waals surface area contributed by atoms with E-state index in [1.165, 1.54) is 0 Å². The highest BCUT2D eigenvalue weighted by Crippen LogP contribution is 2.24. The molecule has 5 rings (SSSR count). The topological polar surface area (TPSA) is 89.6 Å². The van der Waals surface area contributed by atoms with Gasteiger partial charge in [-0.25, -0.2) is 4.98 Å². The fourth-order valence-corrected chi connectivity index (χ4v) is 4.81. The second-order valence-electron chi connectivity index (χ2n) is 9.93. The van der Waals surface area contributed by atoms with Gasteiger partial charge >= 0.3 is 5.97 Å². The molecule has 0 aliphatic rings. The Morgan fingerprint density at radius 1 is 0.829 bits per heavy atom.